The van der Waals surface area contributed by atoms with Gasteiger partial charge in [-0.15, -0.1) is 0 Å². The molecule has 0 fully saturated rings. The summed E-state index contributed by atoms with van der Waals surface area (Å²) in [6.45, 7) is 6.77. The Hall–Kier alpha value is -1.56. The molecule has 92 valence electrons. The van der Waals surface area contributed by atoms with Gasteiger partial charge in [-0.05, 0) is 47.6 Å². The maximum absolute atomic E-state index is 2.44. The maximum Gasteiger partial charge on any atom is -0.0106 e. The SMILES string of the molecule is Cc1ccc2ccc3c(c2c1)C=C(C(C)C)CC3. The molecule has 1 aliphatic rings. The molecule has 0 amide bonds. The smallest absolute Gasteiger partial charge is 0.0106 e. The molecule has 0 aromatic heterocycles. The third kappa shape index (κ3) is 1.86. The Kier molecular flexibility index (Phi) is 2.74. The van der Waals surface area contributed by atoms with Crippen LogP contribution in [0.1, 0.15) is 37.0 Å². The molecule has 0 spiro atoms. The number of rotatable bonds is 1. The Morgan fingerprint density at radius 3 is 2.56 bits per heavy atom. The second-order valence-electron chi connectivity index (χ2n) is 5.74. The van der Waals surface area contributed by atoms with Crippen molar-refractivity contribution in [3.05, 3.63) is 52.6 Å². The van der Waals surface area contributed by atoms with E-state index in [1.807, 2.05) is 0 Å². The molecule has 0 nitrogen and oxygen atoms in total. The molecule has 1 aliphatic carbocycles. The lowest BCUT2D eigenvalue weighted by atomic mass is 9.84. The highest BCUT2D eigenvalue weighted by Crippen LogP contribution is 2.33. The van der Waals surface area contributed by atoms with E-state index >= 15 is 0 Å². The van der Waals surface area contributed by atoms with E-state index in [1.54, 1.807) is 5.57 Å². The van der Waals surface area contributed by atoms with Gasteiger partial charge in [0.1, 0.15) is 0 Å². The second-order valence-corrected chi connectivity index (χ2v) is 5.74. The minimum atomic E-state index is 0.665. The maximum atomic E-state index is 2.44. The summed E-state index contributed by atoms with van der Waals surface area (Å²) in [4.78, 5) is 0. The minimum Gasteiger partial charge on any atom is -0.0667 e. The van der Waals surface area contributed by atoms with Crippen molar-refractivity contribution >= 4 is 16.8 Å². The zero-order valence-electron chi connectivity index (χ0n) is 11.5. The lowest BCUT2D eigenvalue weighted by Gasteiger charge is -2.20. The van der Waals surface area contributed by atoms with Gasteiger partial charge in [0.2, 0.25) is 0 Å². The number of hydrogen-bond donors (Lipinski definition) is 0. The van der Waals surface area contributed by atoms with Crippen LogP contribution in [-0.2, 0) is 6.42 Å². The minimum absolute atomic E-state index is 0.665. The molecule has 18 heavy (non-hydrogen) atoms. The zero-order chi connectivity index (χ0) is 12.7. The van der Waals surface area contributed by atoms with Gasteiger partial charge in [-0.3, -0.25) is 0 Å². The number of allylic oxidation sites excluding steroid dienone is 1. The van der Waals surface area contributed by atoms with Crippen molar-refractivity contribution in [2.45, 2.75) is 33.6 Å². The van der Waals surface area contributed by atoms with Gasteiger partial charge in [-0.1, -0.05) is 61.4 Å². The Morgan fingerprint density at radius 2 is 1.78 bits per heavy atom. The van der Waals surface area contributed by atoms with Gasteiger partial charge in [-0.2, -0.15) is 0 Å². The normalized spacial score (nSPS) is 14.8. The molecule has 0 heteroatoms. The number of aryl methyl sites for hydroxylation is 2. The van der Waals surface area contributed by atoms with Crippen LogP contribution in [0.4, 0.5) is 0 Å². The quantitative estimate of drug-likeness (QED) is 0.643. The van der Waals surface area contributed by atoms with Crippen LogP contribution in [0, 0.1) is 12.8 Å². The lowest BCUT2D eigenvalue weighted by molar-refractivity contribution is 0.710. The predicted molar refractivity (Wildman–Crippen MR) is 79.8 cm³/mol. The highest BCUT2D eigenvalue weighted by Gasteiger charge is 2.14. The first-order valence-corrected chi connectivity index (χ1v) is 6.88. The van der Waals surface area contributed by atoms with E-state index in [2.05, 4.69) is 57.2 Å². The summed E-state index contributed by atoms with van der Waals surface area (Å²) < 4.78 is 0. The fourth-order valence-electron chi connectivity index (χ4n) is 2.88. The summed E-state index contributed by atoms with van der Waals surface area (Å²) >= 11 is 0. The third-order valence-electron chi connectivity index (χ3n) is 4.06. The van der Waals surface area contributed by atoms with E-state index < -0.39 is 0 Å². The van der Waals surface area contributed by atoms with Gasteiger partial charge in [0.15, 0.2) is 0 Å². The van der Waals surface area contributed by atoms with Gasteiger partial charge >= 0.3 is 0 Å². The van der Waals surface area contributed by atoms with Crippen LogP contribution in [0.5, 0.6) is 0 Å². The third-order valence-corrected chi connectivity index (χ3v) is 4.06. The van der Waals surface area contributed by atoms with Crippen LogP contribution in [0.15, 0.2) is 35.9 Å². The van der Waals surface area contributed by atoms with Crippen molar-refractivity contribution in [3.63, 3.8) is 0 Å². The van der Waals surface area contributed by atoms with E-state index in [0.29, 0.717) is 5.92 Å². The molecule has 0 radical (unpaired) electrons. The lowest BCUT2D eigenvalue weighted by Crippen LogP contribution is -2.04. The fourth-order valence-corrected chi connectivity index (χ4v) is 2.88. The number of hydrogen-bond acceptors (Lipinski definition) is 0. The van der Waals surface area contributed by atoms with Crippen LogP contribution in [-0.4, -0.2) is 0 Å². The van der Waals surface area contributed by atoms with Crippen LogP contribution in [0.25, 0.3) is 16.8 Å². The van der Waals surface area contributed by atoms with Crippen molar-refractivity contribution in [2.24, 2.45) is 5.92 Å². The van der Waals surface area contributed by atoms with Gasteiger partial charge < -0.3 is 0 Å². The van der Waals surface area contributed by atoms with Crippen LogP contribution in [0.2, 0.25) is 0 Å². The molecular weight excluding hydrogens is 216 g/mol. The summed E-state index contributed by atoms with van der Waals surface area (Å²) in [5, 5.41) is 2.78. The molecule has 0 atom stereocenters. The zero-order valence-corrected chi connectivity index (χ0v) is 11.5. The molecule has 0 N–H and O–H groups in total. The molecule has 2 aromatic carbocycles. The average Bonchev–Trinajstić information content (AvgIpc) is 2.37. The Labute approximate surface area is 109 Å². The monoisotopic (exact) mass is 236 g/mol. The van der Waals surface area contributed by atoms with Crippen molar-refractivity contribution in [3.8, 4) is 0 Å². The van der Waals surface area contributed by atoms with Gasteiger partial charge in [-0.25, -0.2) is 0 Å². The Morgan fingerprint density at radius 1 is 1.00 bits per heavy atom. The van der Waals surface area contributed by atoms with Crippen LogP contribution >= 0.6 is 0 Å². The summed E-state index contributed by atoms with van der Waals surface area (Å²) in [6, 6.07) is 11.3. The van der Waals surface area contributed by atoms with E-state index in [4.69, 9.17) is 0 Å². The standard InChI is InChI=1S/C18H20/c1-12(2)16-9-8-15-7-6-14-5-4-13(3)10-17(14)18(15)11-16/h4-7,10-12H,8-9H2,1-3H3. The van der Waals surface area contributed by atoms with Crippen molar-refractivity contribution in [2.75, 3.05) is 0 Å². The first kappa shape index (κ1) is 11.5. The molecule has 0 unspecified atom stereocenters. The van der Waals surface area contributed by atoms with E-state index in [-0.39, 0.29) is 0 Å². The highest BCUT2D eigenvalue weighted by molar-refractivity contribution is 5.93. The Bertz CT molecular complexity index is 630. The number of fused-ring (bicyclic) bond motifs is 3. The van der Waals surface area contributed by atoms with Crippen LogP contribution in [0.3, 0.4) is 0 Å². The molecule has 2 aromatic rings. The molecular formula is C18H20. The average molecular weight is 236 g/mol. The predicted octanol–water partition coefficient (Wildman–Crippen LogP) is 5.13. The van der Waals surface area contributed by atoms with E-state index in [9.17, 15) is 0 Å². The second kappa shape index (κ2) is 4.28. The molecule has 0 saturated carbocycles. The largest absolute Gasteiger partial charge is 0.0667 e. The van der Waals surface area contributed by atoms with Gasteiger partial charge in [0.25, 0.3) is 0 Å². The summed E-state index contributed by atoms with van der Waals surface area (Å²) in [6.07, 6.45) is 4.86. The van der Waals surface area contributed by atoms with Crippen molar-refractivity contribution in [1.82, 2.24) is 0 Å². The van der Waals surface area contributed by atoms with E-state index in [0.717, 1.165) is 0 Å². The van der Waals surface area contributed by atoms with Crippen LogP contribution < -0.4 is 0 Å². The summed E-state index contributed by atoms with van der Waals surface area (Å²) in [7, 11) is 0. The van der Waals surface area contributed by atoms with Gasteiger partial charge in [0.05, 0.1) is 0 Å². The summed E-state index contributed by atoms with van der Waals surface area (Å²) in [5.41, 5.74) is 5.92. The first-order valence-electron chi connectivity index (χ1n) is 6.88. The number of benzene rings is 2. The van der Waals surface area contributed by atoms with E-state index in [1.165, 1.54) is 40.3 Å². The molecule has 0 bridgehead atoms. The fraction of sp³-hybridized carbons (Fsp3) is 0.333. The first-order chi connectivity index (χ1) is 8.65. The summed E-state index contributed by atoms with van der Waals surface area (Å²) in [5.74, 6) is 0.665. The Balaban J connectivity index is 2.28. The van der Waals surface area contributed by atoms with Gasteiger partial charge in [0, 0.05) is 0 Å². The molecule has 0 heterocycles. The van der Waals surface area contributed by atoms with Crippen molar-refractivity contribution in [1.29, 1.82) is 0 Å². The topological polar surface area (TPSA) is 0 Å². The molecule has 0 aliphatic heterocycles. The molecule has 0 saturated heterocycles. The molecule has 3 rings (SSSR count). The van der Waals surface area contributed by atoms with Crippen molar-refractivity contribution < 1.29 is 0 Å². The highest BCUT2D eigenvalue weighted by atomic mass is 14.2.